The van der Waals surface area contributed by atoms with Crippen molar-refractivity contribution in [2.75, 3.05) is 10.2 Å². The predicted octanol–water partition coefficient (Wildman–Crippen LogP) is 17.4. The van der Waals surface area contributed by atoms with Crippen molar-refractivity contribution in [2.45, 2.75) is 80.4 Å². The van der Waals surface area contributed by atoms with Crippen molar-refractivity contribution in [1.29, 1.82) is 0 Å². The van der Waals surface area contributed by atoms with Crippen molar-refractivity contribution in [3.63, 3.8) is 0 Å². The number of anilines is 5. The maximum Gasteiger partial charge on any atom is 0.0614 e. The van der Waals surface area contributed by atoms with Gasteiger partial charge in [0.1, 0.15) is 0 Å². The molecule has 8 aromatic carbocycles. The normalized spacial score (nSPS) is 17.1. The molecule has 12 rings (SSSR count). The van der Waals surface area contributed by atoms with Gasteiger partial charge in [-0.15, -0.1) is 0 Å². The number of benzene rings is 8. The molecule has 0 aromatic heterocycles. The van der Waals surface area contributed by atoms with Gasteiger partial charge >= 0.3 is 0 Å². The zero-order chi connectivity index (χ0) is 43.1. The minimum Gasteiger partial charge on any atom is -0.355 e. The highest BCUT2D eigenvalue weighted by atomic mass is 32.2. The molecule has 8 aromatic rings. The maximum atomic E-state index is 3.95. The van der Waals surface area contributed by atoms with Gasteiger partial charge in [-0.05, 0) is 177 Å². The molecule has 2 atom stereocenters. The fraction of sp³-hybridized carbons (Fsp3) is 0.180. The Bertz CT molecular complexity index is 3220. The van der Waals surface area contributed by atoms with Crippen LogP contribution in [0.5, 0.6) is 0 Å². The van der Waals surface area contributed by atoms with Crippen LogP contribution < -0.4 is 10.2 Å². The molecule has 4 aliphatic rings. The van der Waals surface area contributed by atoms with Crippen molar-refractivity contribution in [3.8, 4) is 22.3 Å². The van der Waals surface area contributed by atoms with E-state index in [1.165, 1.54) is 105 Å². The molecule has 64 heavy (non-hydrogen) atoms. The predicted molar refractivity (Wildman–Crippen MR) is 272 cm³/mol. The van der Waals surface area contributed by atoms with Gasteiger partial charge in [-0.2, -0.15) is 0 Å². The van der Waals surface area contributed by atoms with Gasteiger partial charge in [0.2, 0.25) is 0 Å². The van der Waals surface area contributed by atoms with E-state index >= 15 is 0 Å². The summed E-state index contributed by atoms with van der Waals surface area (Å²) in [7, 11) is 0. The van der Waals surface area contributed by atoms with E-state index in [-0.39, 0.29) is 5.41 Å². The van der Waals surface area contributed by atoms with Gasteiger partial charge in [0.25, 0.3) is 0 Å². The van der Waals surface area contributed by atoms with Crippen LogP contribution in [0.25, 0.3) is 38.6 Å². The summed E-state index contributed by atoms with van der Waals surface area (Å²) in [4.78, 5) is 5.22. The molecule has 1 saturated carbocycles. The Labute approximate surface area is 382 Å². The second-order valence-electron chi connectivity index (χ2n) is 19.4. The van der Waals surface area contributed by atoms with Gasteiger partial charge in [0.05, 0.1) is 11.4 Å². The van der Waals surface area contributed by atoms with Gasteiger partial charge in [0.15, 0.2) is 0 Å². The molecule has 0 bridgehead atoms. The fourth-order valence-electron chi connectivity index (χ4n) is 10.6. The number of aryl methyl sites for hydroxylation is 1. The van der Waals surface area contributed by atoms with Crippen LogP contribution in [0.3, 0.4) is 0 Å². The number of nitrogens with zero attached hydrogens (tertiary/aromatic N) is 1. The molecular formula is C61H52N2S. The zero-order valence-electron chi connectivity index (χ0n) is 37.1. The molecule has 3 aliphatic carbocycles. The van der Waals surface area contributed by atoms with Gasteiger partial charge in [-0.3, -0.25) is 0 Å². The molecule has 312 valence electrons. The topological polar surface area (TPSA) is 15.3 Å². The number of fused-ring (bicyclic) bond motifs is 8. The lowest BCUT2D eigenvalue weighted by Gasteiger charge is -2.36. The summed E-state index contributed by atoms with van der Waals surface area (Å²) in [5.74, 6) is 1.18. The molecule has 3 heteroatoms. The first-order chi connectivity index (χ1) is 31.2. The second-order valence-corrected chi connectivity index (χ2v) is 20.4. The van der Waals surface area contributed by atoms with Crippen LogP contribution in [-0.2, 0) is 11.8 Å². The van der Waals surface area contributed by atoms with Crippen LogP contribution in [-0.4, -0.2) is 0 Å². The van der Waals surface area contributed by atoms with Crippen molar-refractivity contribution in [2.24, 2.45) is 0 Å². The third kappa shape index (κ3) is 6.89. The van der Waals surface area contributed by atoms with Crippen LogP contribution in [0.2, 0.25) is 0 Å². The first kappa shape index (κ1) is 39.1. The molecule has 0 saturated heterocycles. The highest BCUT2D eigenvalue weighted by Crippen LogP contribution is 2.62. The summed E-state index contributed by atoms with van der Waals surface area (Å²) >= 11 is 1.96. The molecule has 1 heterocycles. The molecule has 2 nitrogen and oxygen atoms in total. The van der Waals surface area contributed by atoms with Crippen LogP contribution in [0.15, 0.2) is 186 Å². The molecule has 2 unspecified atom stereocenters. The van der Waals surface area contributed by atoms with E-state index in [2.05, 4.69) is 214 Å². The monoisotopic (exact) mass is 844 g/mol. The third-order valence-corrected chi connectivity index (χ3v) is 15.3. The molecule has 1 N–H and O–H groups in total. The Morgan fingerprint density at radius 2 is 1.36 bits per heavy atom. The Morgan fingerprint density at radius 3 is 2.14 bits per heavy atom. The first-order valence-electron chi connectivity index (χ1n) is 23.1. The average Bonchev–Trinajstić information content (AvgIpc) is 4.13. The summed E-state index contributed by atoms with van der Waals surface area (Å²) in [6.45, 7) is 9.14. The summed E-state index contributed by atoms with van der Waals surface area (Å²) in [5, 5.41) is 6.39. The Morgan fingerprint density at radius 1 is 0.594 bits per heavy atom. The molecule has 1 fully saturated rings. The van der Waals surface area contributed by atoms with Gasteiger partial charge in [-0.25, -0.2) is 0 Å². The Kier molecular flexibility index (Phi) is 9.35. The van der Waals surface area contributed by atoms with E-state index in [1.54, 1.807) is 5.56 Å². The number of allylic oxidation sites excluding steroid dienone is 4. The zero-order valence-corrected chi connectivity index (χ0v) is 37.9. The van der Waals surface area contributed by atoms with Crippen molar-refractivity contribution < 1.29 is 0 Å². The summed E-state index contributed by atoms with van der Waals surface area (Å²) in [6.07, 6.45) is 11.4. The highest BCUT2D eigenvalue weighted by Gasteiger charge is 2.44. The highest BCUT2D eigenvalue weighted by molar-refractivity contribution is 8.00. The largest absolute Gasteiger partial charge is 0.355 e. The molecular weight excluding hydrogens is 793 g/mol. The Balaban J connectivity index is 1.10. The fourth-order valence-corrected chi connectivity index (χ4v) is 11.8. The van der Waals surface area contributed by atoms with E-state index < -0.39 is 0 Å². The van der Waals surface area contributed by atoms with Crippen LogP contribution in [0.4, 0.5) is 28.4 Å². The standard InChI is InChI=1S/C61H52N2S/c1-38-29-43(39-15-7-5-8-16-39)23-28-56(38)63-57-35-46-30-44-21-13-14-22-49(44)51-36-52(51)50(46)37-59(57)64-60-54(32-45(34-58(60)63)40-17-9-6-10-18-40)53-31-41-19-11-12-20-42(41)33-55(53)62-48-26-24-47(25-27-48)61(2,3)4/h6-7,9-29,31-35,37,51-52,62H,5,8,30,36H2,1-4H3. The minimum atomic E-state index is 0.0780. The van der Waals surface area contributed by atoms with Gasteiger partial charge in [0, 0.05) is 38.0 Å². The molecule has 0 amide bonds. The number of nitrogens with one attached hydrogen (secondary N) is 1. The number of hydrogen-bond acceptors (Lipinski definition) is 3. The Hall–Kier alpha value is -6.55. The van der Waals surface area contributed by atoms with Crippen molar-refractivity contribution in [3.05, 3.63) is 215 Å². The molecule has 0 radical (unpaired) electrons. The van der Waals surface area contributed by atoms with Crippen LogP contribution in [0.1, 0.15) is 90.8 Å². The second kappa shape index (κ2) is 15.3. The lowest BCUT2D eigenvalue weighted by molar-refractivity contribution is 0.590. The van der Waals surface area contributed by atoms with E-state index in [0.717, 1.165) is 30.6 Å². The van der Waals surface area contributed by atoms with E-state index in [1.807, 2.05) is 11.8 Å². The summed E-state index contributed by atoms with van der Waals surface area (Å²) < 4.78 is 0. The smallest absolute Gasteiger partial charge is 0.0614 e. The average molecular weight is 845 g/mol. The van der Waals surface area contributed by atoms with Crippen LogP contribution >= 0.6 is 11.8 Å². The van der Waals surface area contributed by atoms with E-state index in [4.69, 9.17) is 0 Å². The van der Waals surface area contributed by atoms with Gasteiger partial charge in [-0.1, -0.05) is 148 Å². The lowest BCUT2D eigenvalue weighted by Crippen LogP contribution is -2.18. The SMILES string of the molecule is Cc1cc(C2=CCCC=C2)ccc1N1c2cc3c(cc2Sc2c(-c4cc5ccccc5cc4Nc4ccc(C(C)(C)C)cc4)cc(-c4ccccc4)cc21)C1CC1c1ccccc1C3. The van der Waals surface area contributed by atoms with Crippen LogP contribution in [0, 0.1) is 6.92 Å². The van der Waals surface area contributed by atoms with Gasteiger partial charge < -0.3 is 10.2 Å². The summed E-state index contributed by atoms with van der Waals surface area (Å²) in [5.41, 5.74) is 22.0. The van der Waals surface area contributed by atoms with E-state index in [0.29, 0.717) is 11.8 Å². The maximum absolute atomic E-state index is 3.95. The molecule has 1 aliphatic heterocycles. The summed E-state index contributed by atoms with van der Waals surface area (Å²) in [6, 6.07) is 60.0. The number of rotatable bonds is 6. The first-order valence-corrected chi connectivity index (χ1v) is 23.9. The lowest BCUT2D eigenvalue weighted by atomic mass is 9.87. The number of hydrogen-bond donors (Lipinski definition) is 1. The van der Waals surface area contributed by atoms with E-state index in [9.17, 15) is 0 Å². The molecule has 0 spiro atoms. The van der Waals surface area contributed by atoms with Crippen molar-refractivity contribution >= 4 is 56.5 Å². The van der Waals surface area contributed by atoms with Crippen molar-refractivity contribution in [1.82, 2.24) is 0 Å². The minimum absolute atomic E-state index is 0.0780. The third-order valence-electron chi connectivity index (χ3n) is 14.1. The quantitative estimate of drug-likeness (QED) is 0.179.